The van der Waals surface area contributed by atoms with Crippen molar-refractivity contribution in [2.45, 2.75) is 13.0 Å². The predicted molar refractivity (Wildman–Crippen MR) is 107 cm³/mol. The van der Waals surface area contributed by atoms with E-state index in [0.29, 0.717) is 17.0 Å². The summed E-state index contributed by atoms with van der Waals surface area (Å²) in [6.07, 6.45) is -1.32. The van der Waals surface area contributed by atoms with Crippen LogP contribution in [0.2, 0.25) is 0 Å². The molecule has 1 unspecified atom stereocenters. The Bertz CT molecular complexity index is 1070. The van der Waals surface area contributed by atoms with E-state index in [1.807, 2.05) is 13.0 Å². The van der Waals surface area contributed by atoms with Gasteiger partial charge >= 0.3 is 5.97 Å². The first-order chi connectivity index (χ1) is 14.4. The number of carbonyl (C=O) groups excluding carboxylic acids is 2. The number of carbonyl (C=O) groups is 2. The van der Waals surface area contributed by atoms with E-state index in [2.05, 4.69) is 5.32 Å². The summed E-state index contributed by atoms with van der Waals surface area (Å²) in [6, 6.07) is 16.2. The number of benzene rings is 3. The number of hydrogen-bond acceptors (Lipinski definition) is 4. The van der Waals surface area contributed by atoms with Crippen molar-refractivity contribution in [3.8, 4) is 5.75 Å². The van der Waals surface area contributed by atoms with Crippen LogP contribution in [0, 0.1) is 18.6 Å². The summed E-state index contributed by atoms with van der Waals surface area (Å²) in [5.74, 6) is -3.42. The Morgan fingerprint density at radius 3 is 2.33 bits per heavy atom. The largest absolute Gasteiger partial charge is 0.495 e. The fourth-order valence-corrected chi connectivity index (χ4v) is 2.82. The van der Waals surface area contributed by atoms with Gasteiger partial charge in [0.2, 0.25) is 6.10 Å². The first-order valence-electron chi connectivity index (χ1n) is 9.05. The normalized spacial score (nSPS) is 11.5. The molecule has 3 aromatic rings. The molecule has 0 radical (unpaired) electrons. The maximum Gasteiger partial charge on any atom is 0.339 e. The van der Waals surface area contributed by atoms with E-state index in [1.54, 1.807) is 42.5 Å². The number of nitrogens with one attached hydrogen (secondary N) is 1. The number of hydrogen-bond donors (Lipinski definition) is 1. The fraction of sp³-hybridized carbons (Fsp3) is 0.130. The van der Waals surface area contributed by atoms with Crippen LogP contribution in [-0.2, 0) is 9.53 Å². The van der Waals surface area contributed by atoms with Gasteiger partial charge in [-0.2, -0.15) is 0 Å². The zero-order valence-electron chi connectivity index (χ0n) is 16.3. The molecule has 3 rings (SSSR count). The number of halogens is 2. The van der Waals surface area contributed by atoms with Crippen molar-refractivity contribution in [1.82, 2.24) is 0 Å². The molecule has 0 aliphatic carbocycles. The van der Waals surface area contributed by atoms with Crippen LogP contribution in [0.1, 0.15) is 27.6 Å². The minimum Gasteiger partial charge on any atom is -0.495 e. The van der Waals surface area contributed by atoms with E-state index in [0.717, 1.165) is 23.8 Å². The van der Waals surface area contributed by atoms with Gasteiger partial charge in [-0.25, -0.2) is 13.6 Å². The van der Waals surface area contributed by atoms with E-state index >= 15 is 0 Å². The zero-order chi connectivity index (χ0) is 21.7. The van der Waals surface area contributed by atoms with Crippen molar-refractivity contribution in [3.05, 3.63) is 95.1 Å². The maximum absolute atomic E-state index is 13.5. The van der Waals surface area contributed by atoms with Crippen molar-refractivity contribution in [1.29, 1.82) is 0 Å². The molecule has 0 saturated heterocycles. The van der Waals surface area contributed by atoms with Crippen LogP contribution >= 0.6 is 0 Å². The third kappa shape index (κ3) is 4.81. The third-order valence-corrected chi connectivity index (χ3v) is 4.33. The van der Waals surface area contributed by atoms with Gasteiger partial charge in [-0.1, -0.05) is 36.4 Å². The van der Waals surface area contributed by atoms with Crippen LogP contribution in [0.25, 0.3) is 0 Å². The molecule has 0 bridgehead atoms. The van der Waals surface area contributed by atoms with Gasteiger partial charge in [0.15, 0.2) is 11.6 Å². The number of anilines is 1. The van der Waals surface area contributed by atoms with Crippen molar-refractivity contribution in [3.63, 3.8) is 0 Å². The average molecular weight is 411 g/mol. The monoisotopic (exact) mass is 411 g/mol. The second kappa shape index (κ2) is 9.17. The van der Waals surface area contributed by atoms with E-state index in [-0.39, 0.29) is 5.56 Å². The van der Waals surface area contributed by atoms with Gasteiger partial charge in [0.25, 0.3) is 5.91 Å². The lowest BCUT2D eigenvalue weighted by Gasteiger charge is -2.19. The van der Waals surface area contributed by atoms with Crippen molar-refractivity contribution >= 4 is 17.6 Å². The number of amides is 1. The summed E-state index contributed by atoms with van der Waals surface area (Å²) in [5.41, 5.74) is 1.50. The van der Waals surface area contributed by atoms with Gasteiger partial charge in [-0.05, 0) is 42.8 Å². The Balaban J connectivity index is 1.89. The second-order valence-electron chi connectivity index (χ2n) is 6.52. The smallest absolute Gasteiger partial charge is 0.339 e. The Kier molecular flexibility index (Phi) is 6.41. The number of aryl methyl sites for hydroxylation is 1. The number of ether oxygens (including phenoxy) is 2. The third-order valence-electron chi connectivity index (χ3n) is 4.33. The number of methoxy groups -OCH3 is 1. The first kappa shape index (κ1) is 21.0. The van der Waals surface area contributed by atoms with Gasteiger partial charge in [0.1, 0.15) is 5.75 Å². The average Bonchev–Trinajstić information content (AvgIpc) is 2.74. The first-order valence-corrected chi connectivity index (χ1v) is 9.05. The topological polar surface area (TPSA) is 64.6 Å². The molecule has 5 nitrogen and oxygen atoms in total. The molecule has 7 heteroatoms. The van der Waals surface area contributed by atoms with Crippen LogP contribution in [0.3, 0.4) is 0 Å². The molecule has 3 aromatic carbocycles. The van der Waals surface area contributed by atoms with E-state index in [9.17, 15) is 18.4 Å². The van der Waals surface area contributed by atoms with Crippen molar-refractivity contribution < 1.29 is 27.8 Å². The van der Waals surface area contributed by atoms with E-state index in [4.69, 9.17) is 9.47 Å². The highest BCUT2D eigenvalue weighted by Gasteiger charge is 2.27. The lowest BCUT2D eigenvalue weighted by molar-refractivity contribution is -0.125. The molecular weight excluding hydrogens is 392 g/mol. The Hall–Kier alpha value is -3.74. The highest BCUT2D eigenvalue weighted by atomic mass is 19.2. The summed E-state index contributed by atoms with van der Waals surface area (Å²) in [6.45, 7) is 1.85. The Labute approximate surface area is 172 Å². The van der Waals surface area contributed by atoms with Gasteiger partial charge < -0.3 is 14.8 Å². The molecule has 0 saturated carbocycles. The lowest BCUT2D eigenvalue weighted by Crippen LogP contribution is -2.26. The summed E-state index contributed by atoms with van der Waals surface area (Å²) >= 11 is 0. The molecule has 0 heterocycles. The van der Waals surface area contributed by atoms with Crippen LogP contribution in [0.4, 0.5) is 14.5 Å². The lowest BCUT2D eigenvalue weighted by atomic mass is 10.1. The molecule has 0 fully saturated rings. The molecule has 0 aliphatic heterocycles. The predicted octanol–water partition coefficient (Wildman–Crippen LogP) is 4.82. The van der Waals surface area contributed by atoms with Gasteiger partial charge in [0.05, 0.1) is 18.4 Å². The molecule has 1 atom stereocenters. The summed E-state index contributed by atoms with van der Waals surface area (Å²) in [5, 5.41) is 2.70. The second-order valence-corrected chi connectivity index (χ2v) is 6.52. The van der Waals surface area contributed by atoms with Crippen LogP contribution in [0.15, 0.2) is 66.7 Å². The highest BCUT2D eigenvalue weighted by Crippen LogP contribution is 2.28. The summed E-state index contributed by atoms with van der Waals surface area (Å²) in [7, 11) is 1.47. The molecule has 154 valence electrons. The number of rotatable bonds is 6. The van der Waals surface area contributed by atoms with Crippen molar-refractivity contribution in [2.24, 2.45) is 0 Å². The molecular formula is C23H19F2NO4. The molecule has 0 spiro atoms. The zero-order valence-corrected chi connectivity index (χ0v) is 16.3. The minimum atomic E-state index is -1.32. The Morgan fingerprint density at radius 2 is 1.67 bits per heavy atom. The molecule has 0 aliphatic rings. The van der Waals surface area contributed by atoms with E-state index < -0.39 is 29.6 Å². The van der Waals surface area contributed by atoms with Gasteiger partial charge in [0, 0.05) is 5.56 Å². The highest BCUT2D eigenvalue weighted by molar-refractivity contribution is 5.99. The van der Waals surface area contributed by atoms with Crippen molar-refractivity contribution in [2.75, 3.05) is 12.4 Å². The molecule has 30 heavy (non-hydrogen) atoms. The molecule has 1 N–H and O–H groups in total. The molecule has 1 amide bonds. The SMILES string of the molecule is COc1ccc(C)cc1NC(=O)C(OC(=O)c1ccc(F)c(F)c1)c1ccccc1. The summed E-state index contributed by atoms with van der Waals surface area (Å²) < 4.78 is 37.3. The number of esters is 1. The fourth-order valence-electron chi connectivity index (χ4n) is 2.82. The van der Waals surface area contributed by atoms with Crippen LogP contribution < -0.4 is 10.1 Å². The van der Waals surface area contributed by atoms with E-state index in [1.165, 1.54) is 7.11 Å². The minimum absolute atomic E-state index is 0.212. The van der Waals surface area contributed by atoms with Gasteiger partial charge in [-0.15, -0.1) is 0 Å². The Morgan fingerprint density at radius 1 is 0.933 bits per heavy atom. The standard InChI is InChI=1S/C23H19F2NO4/c1-14-8-11-20(29-2)19(12-14)26-22(27)21(15-6-4-3-5-7-15)30-23(28)16-9-10-17(24)18(25)13-16/h3-13,21H,1-2H3,(H,26,27). The van der Waals surface area contributed by atoms with Crippen LogP contribution in [-0.4, -0.2) is 19.0 Å². The van der Waals surface area contributed by atoms with Crippen LogP contribution in [0.5, 0.6) is 5.75 Å². The molecule has 0 aromatic heterocycles. The maximum atomic E-state index is 13.5. The quantitative estimate of drug-likeness (QED) is 0.591. The van der Waals surface area contributed by atoms with Gasteiger partial charge in [-0.3, -0.25) is 4.79 Å². The summed E-state index contributed by atoms with van der Waals surface area (Å²) in [4.78, 5) is 25.5.